The summed E-state index contributed by atoms with van der Waals surface area (Å²) >= 11 is 11.8. The van der Waals surface area contributed by atoms with E-state index in [2.05, 4.69) is 4.98 Å². The summed E-state index contributed by atoms with van der Waals surface area (Å²) in [6.07, 6.45) is 1.50. The van der Waals surface area contributed by atoms with Crippen molar-refractivity contribution in [2.45, 2.75) is 0 Å². The first-order chi connectivity index (χ1) is 8.07. The fraction of sp³-hybridized carbons (Fsp3) is 0.100. The van der Waals surface area contributed by atoms with Crippen molar-refractivity contribution in [2.75, 3.05) is 7.11 Å². The number of rotatable bonds is 2. The molecule has 2 rings (SSSR count). The SMILES string of the molecule is COc1c([N+](=O)[O-])c(Cl)c(Cl)c2cccnc12. The number of halogens is 2. The van der Waals surface area contributed by atoms with Crippen molar-refractivity contribution >= 4 is 39.8 Å². The van der Waals surface area contributed by atoms with Gasteiger partial charge in [0, 0.05) is 11.6 Å². The summed E-state index contributed by atoms with van der Waals surface area (Å²) in [6, 6.07) is 3.33. The molecule has 5 nitrogen and oxygen atoms in total. The molecule has 0 saturated carbocycles. The highest BCUT2D eigenvalue weighted by molar-refractivity contribution is 6.47. The fourth-order valence-electron chi connectivity index (χ4n) is 1.55. The van der Waals surface area contributed by atoms with Crippen LogP contribution in [0.5, 0.6) is 5.75 Å². The number of benzene rings is 1. The highest BCUT2D eigenvalue weighted by Crippen LogP contribution is 2.45. The van der Waals surface area contributed by atoms with Crippen molar-refractivity contribution in [3.05, 3.63) is 38.5 Å². The Kier molecular flexibility index (Phi) is 3.04. The molecule has 0 aliphatic rings. The molecular weight excluding hydrogens is 267 g/mol. The second kappa shape index (κ2) is 4.35. The second-order valence-electron chi connectivity index (χ2n) is 3.17. The number of aromatic nitrogens is 1. The van der Waals surface area contributed by atoms with Gasteiger partial charge in [-0.25, -0.2) is 0 Å². The summed E-state index contributed by atoms with van der Waals surface area (Å²) < 4.78 is 5.01. The van der Waals surface area contributed by atoms with E-state index in [-0.39, 0.29) is 21.5 Å². The summed E-state index contributed by atoms with van der Waals surface area (Å²) in [5.41, 5.74) is -0.0542. The molecule has 0 N–H and O–H groups in total. The largest absolute Gasteiger partial charge is 0.489 e. The number of nitro benzene ring substituents is 1. The molecule has 7 heteroatoms. The van der Waals surface area contributed by atoms with Crippen molar-refractivity contribution < 1.29 is 9.66 Å². The number of methoxy groups -OCH3 is 1. The summed E-state index contributed by atoms with van der Waals surface area (Å²) in [5.74, 6) is 0.0139. The number of hydrogen-bond donors (Lipinski definition) is 0. The van der Waals surface area contributed by atoms with Crippen LogP contribution < -0.4 is 4.74 Å². The molecule has 0 aliphatic heterocycles. The van der Waals surface area contributed by atoms with E-state index in [9.17, 15) is 10.1 Å². The zero-order chi connectivity index (χ0) is 12.6. The number of ether oxygens (including phenoxy) is 1. The molecule has 0 spiro atoms. The predicted molar refractivity (Wildman–Crippen MR) is 65.0 cm³/mol. The Morgan fingerprint density at radius 2 is 2.12 bits per heavy atom. The topological polar surface area (TPSA) is 65.3 Å². The lowest BCUT2D eigenvalue weighted by Crippen LogP contribution is -1.97. The summed E-state index contributed by atoms with van der Waals surface area (Å²) in [7, 11) is 1.32. The fourth-order valence-corrected chi connectivity index (χ4v) is 2.05. The van der Waals surface area contributed by atoms with Crippen LogP contribution >= 0.6 is 23.2 Å². The third-order valence-electron chi connectivity index (χ3n) is 2.26. The van der Waals surface area contributed by atoms with Gasteiger partial charge < -0.3 is 4.74 Å². The molecule has 17 heavy (non-hydrogen) atoms. The number of pyridine rings is 1. The summed E-state index contributed by atoms with van der Waals surface area (Å²) in [6.45, 7) is 0. The van der Waals surface area contributed by atoms with Crippen LogP contribution in [-0.4, -0.2) is 17.0 Å². The Morgan fingerprint density at radius 1 is 1.41 bits per heavy atom. The predicted octanol–water partition coefficient (Wildman–Crippen LogP) is 3.46. The maximum absolute atomic E-state index is 11.0. The van der Waals surface area contributed by atoms with Gasteiger partial charge in [0.2, 0.25) is 5.75 Å². The molecule has 0 aliphatic carbocycles. The molecule has 0 fully saturated rings. The average molecular weight is 273 g/mol. The molecule has 0 amide bonds. The summed E-state index contributed by atoms with van der Waals surface area (Å²) in [4.78, 5) is 14.3. The third kappa shape index (κ3) is 1.77. The minimum absolute atomic E-state index is 0.0139. The van der Waals surface area contributed by atoms with Gasteiger partial charge in [-0.1, -0.05) is 23.2 Å². The highest BCUT2D eigenvalue weighted by Gasteiger charge is 2.27. The normalized spacial score (nSPS) is 10.5. The average Bonchev–Trinajstić information content (AvgIpc) is 2.33. The number of nitro groups is 1. The zero-order valence-corrected chi connectivity index (χ0v) is 10.1. The number of fused-ring (bicyclic) bond motifs is 1. The monoisotopic (exact) mass is 272 g/mol. The van der Waals surface area contributed by atoms with E-state index in [1.807, 2.05) is 0 Å². The number of hydrogen-bond acceptors (Lipinski definition) is 4. The van der Waals surface area contributed by atoms with Gasteiger partial charge in [-0.3, -0.25) is 15.1 Å². The molecular formula is C10H6Cl2N2O3. The van der Waals surface area contributed by atoms with E-state index in [1.165, 1.54) is 13.3 Å². The quantitative estimate of drug-likeness (QED) is 0.620. The first-order valence-corrected chi connectivity index (χ1v) is 5.27. The Bertz CT molecular complexity index is 616. The highest BCUT2D eigenvalue weighted by atomic mass is 35.5. The lowest BCUT2D eigenvalue weighted by molar-refractivity contribution is -0.385. The van der Waals surface area contributed by atoms with Crippen molar-refractivity contribution in [1.82, 2.24) is 4.98 Å². The van der Waals surface area contributed by atoms with Crippen LogP contribution in [0.4, 0.5) is 5.69 Å². The van der Waals surface area contributed by atoms with Gasteiger partial charge in [0.05, 0.1) is 17.1 Å². The van der Waals surface area contributed by atoms with Gasteiger partial charge in [0.15, 0.2) is 0 Å². The molecule has 88 valence electrons. The van der Waals surface area contributed by atoms with Gasteiger partial charge in [-0.2, -0.15) is 0 Å². The van der Waals surface area contributed by atoms with Crippen LogP contribution in [0.15, 0.2) is 18.3 Å². The third-order valence-corrected chi connectivity index (χ3v) is 3.12. The Hall–Kier alpha value is -1.59. The maximum atomic E-state index is 11.0. The van der Waals surface area contributed by atoms with Crippen LogP contribution in [0.25, 0.3) is 10.9 Å². The van der Waals surface area contributed by atoms with E-state index in [4.69, 9.17) is 27.9 Å². The first kappa shape index (κ1) is 11.9. The zero-order valence-electron chi connectivity index (χ0n) is 8.61. The standard InChI is InChI=1S/C10H6Cl2N2O3/c1-17-10-8-5(3-2-4-13-8)6(11)7(12)9(10)14(15)16/h2-4H,1H3. The van der Waals surface area contributed by atoms with Crippen molar-refractivity contribution in [2.24, 2.45) is 0 Å². The molecule has 2 aromatic rings. The van der Waals surface area contributed by atoms with Crippen molar-refractivity contribution in [3.63, 3.8) is 0 Å². The summed E-state index contributed by atoms with van der Waals surface area (Å²) in [5, 5.41) is 11.4. The van der Waals surface area contributed by atoms with Crippen molar-refractivity contribution in [3.8, 4) is 5.75 Å². The van der Waals surface area contributed by atoms with E-state index in [0.29, 0.717) is 10.9 Å². The van der Waals surface area contributed by atoms with Crippen LogP contribution in [0, 0.1) is 10.1 Å². The van der Waals surface area contributed by atoms with E-state index >= 15 is 0 Å². The van der Waals surface area contributed by atoms with Gasteiger partial charge in [-0.15, -0.1) is 0 Å². The van der Waals surface area contributed by atoms with E-state index in [0.717, 1.165) is 0 Å². The molecule has 1 heterocycles. The van der Waals surface area contributed by atoms with Crippen LogP contribution in [-0.2, 0) is 0 Å². The Labute approximate surface area is 106 Å². The van der Waals surface area contributed by atoms with Crippen molar-refractivity contribution in [1.29, 1.82) is 0 Å². The van der Waals surface area contributed by atoms with Crippen LogP contribution in [0.1, 0.15) is 0 Å². The molecule has 1 aromatic carbocycles. The smallest absolute Gasteiger partial charge is 0.333 e. The van der Waals surface area contributed by atoms with Crippen LogP contribution in [0.2, 0.25) is 10.0 Å². The van der Waals surface area contributed by atoms with E-state index in [1.54, 1.807) is 12.1 Å². The molecule has 0 saturated heterocycles. The Morgan fingerprint density at radius 3 is 2.71 bits per heavy atom. The lowest BCUT2D eigenvalue weighted by atomic mass is 10.2. The van der Waals surface area contributed by atoms with Gasteiger partial charge in [0.1, 0.15) is 10.5 Å². The minimum Gasteiger partial charge on any atom is -0.489 e. The Balaban J connectivity index is 3.00. The van der Waals surface area contributed by atoms with Gasteiger partial charge >= 0.3 is 5.69 Å². The van der Waals surface area contributed by atoms with Gasteiger partial charge in [0.25, 0.3) is 0 Å². The molecule has 0 radical (unpaired) electrons. The first-order valence-electron chi connectivity index (χ1n) is 4.52. The minimum atomic E-state index is -0.638. The molecule has 0 unspecified atom stereocenters. The molecule has 0 bridgehead atoms. The second-order valence-corrected chi connectivity index (χ2v) is 3.92. The molecule has 0 atom stereocenters. The van der Waals surface area contributed by atoms with E-state index < -0.39 is 4.92 Å². The molecule has 1 aromatic heterocycles. The lowest BCUT2D eigenvalue weighted by Gasteiger charge is -2.08. The van der Waals surface area contributed by atoms with Crippen LogP contribution in [0.3, 0.4) is 0 Å². The van der Waals surface area contributed by atoms with Gasteiger partial charge in [-0.05, 0) is 12.1 Å². The maximum Gasteiger partial charge on any atom is 0.333 e. The number of nitrogens with zero attached hydrogens (tertiary/aromatic N) is 2.